The van der Waals surface area contributed by atoms with Crippen LogP contribution in [0.25, 0.3) is 0 Å². The molecule has 4 rings (SSSR count). The van der Waals surface area contributed by atoms with Gasteiger partial charge in [0, 0.05) is 31.7 Å². The van der Waals surface area contributed by atoms with E-state index in [1.807, 2.05) is 32.0 Å². The number of anilines is 4. The van der Waals surface area contributed by atoms with E-state index in [1.165, 1.54) is 11.3 Å². The second-order valence-corrected chi connectivity index (χ2v) is 8.94. The molecule has 3 heterocycles. The Morgan fingerprint density at radius 3 is 2.94 bits per heavy atom. The summed E-state index contributed by atoms with van der Waals surface area (Å²) in [4.78, 5) is 28.8. The highest BCUT2D eigenvalue weighted by molar-refractivity contribution is 7.17. The third kappa shape index (κ3) is 5.12. The number of aromatic nitrogens is 3. The van der Waals surface area contributed by atoms with E-state index in [4.69, 9.17) is 11.6 Å². The minimum atomic E-state index is -0.254. The third-order valence-corrected chi connectivity index (χ3v) is 6.17. The van der Waals surface area contributed by atoms with E-state index in [0.717, 1.165) is 31.0 Å². The van der Waals surface area contributed by atoms with E-state index in [9.17, 15) is 4.79 Å². The highest BCUT2D eigenvalue weighted by Crippen LogP contribution is 2.28. The van der Waals surface area contributed by atoms with Crippen LogP contribution in [0.2, 0.25) is 5.02 Å². The third-order valence-electron chi connectivity index (χ3n) is 4.94. The van der Waals surface area contributed by atoms with Crippen LogP contribution in [-0.2, 0) is 0 Å². The number of carbonyl (C=O) groups excluding carboxylic acids is 1. The first-order chi connectivity index (χ1) is 14.9. The number of aryl methyl sites for hydroxylation is 2. The summed E-state index contributed by atoms with van der Waals surface area (Å²) in [6.07, 6.45) is 1.54. The Labute approximate surface area is 190 Å². The Morgan fingerprint density at radius 1 is 1.32 bits per heavy atom. The maximum absolute atomic E-state index is 12.7. The molecule has 31 heavy (non-hydrogen) atoms. The van der Waals surface area contributed by atoms with Crippen LogP contribution in [0.1, 0.15) is 28.0 Å². The number of benzene rings is 1. The number of halogens is 1. The molecule has 2 aromatic heterocycles. The minimum Gasteiger partial charge on any atom is -0.354 e. The number of carbonyl (C=O) groups is 1. The van der Waals surface area contributed by atoms with Crippen molar-refractivity contribution in [3.05, 3.63) is 51.7 Å². The van der Waals surface area contributed by atoms with Gasteiger partial charge in [0.1, 0.15) is 22.3 Å². The van der Waals surface area contributed by atoms with E-state index < -0.39 is 0 Å². The topological polar surface area (TPSA) is 95.1 Å². The first-order valence-corrected chi connectivity index (χ1v) is 11.2. The Bertz CT molecular complexity index is 1080. The first kappa shape index (κ1) is 21.5. The van der Waals surface area contributed by atoms with Gasteiger partial charge < -0.3 is 20.9 Å². The monoisotopic (exact) mass is 457 g/mol. The van der Waals surface area contributed by atoms with Crippen LogP contribution in [-0.4, -0.2) is 46.5 Å². The van der Waals surface area contributed by atoms with Gasteiger partial charge in [-0.25, -0.2) is 15.0 Å². The maximum atomic E-state index is 12.7. The van der Waals surface area contributed by atoms with Crippen molar-refractivity contribution in [3.63, 3.8) is 0 Å². The molecule has 0 bridgehead atoms. The zero-order chi connectivity index (χ0) is 22.0. The molecule has 0 unspecified atom stereocenters. The summed E-state index contributed by atoms with van der Waals surface area (Å²) < 4.78 is 0. The van der Waals surface area contributed by atoms with Gasteiger partial charge >= 0.3 is 0 Å². The van der Waals surface area contributed by atoms with Crippen molar-refractivity contribution >= 4 is 51.3 Å². The number of nitrogens with one attached hydrogen (secondary N) is 3. The Hall–Kier alpha value is -2.75. The molecular formula is C21H24ClN7OS. The predicted molar refractivity (Wildman–Crippen MR) is 126 cm³/mol. The molecule has 10 heteroatoms. The molecule has 0 spiro atoms. The van der Waals surface area contributed by atoms with E-state index in [-0.39, 0.29) is 5.91 Å². The lowest BCUT2D eigenvalue weighted by Gasteiger charge is -2.32. The zero-order valence-corrected chi connectivity index (χ0v) is 19.1. The van der Waals surface area contributed by atoms with Gasteiger partial charge in [-0.15, -0.1) is 0 Å². The Balaban J connectivity index is 1.48. The van der Waals surface area contributed by atoms with Crippen LogP contribution in [0.15, 0.2) is 30.5 Å². The quantitative estimate of drug-likeness (QED) is 0.533. The van der Waals surface area contributed by atoms with Crippen molar-refractivity contribution in [3.8, 4) is 0 Å². The van der Waals surface area contributed by atoms with Gasteiger partial charge in [-0.05, 0) is 32.4 Å². The second-order valence-electron chi connectivity index (χ2n) is 7.50. The zero-order valence-electron chi connectivity index (χ0n) is 17.6. The number of nitrogens with zero attached hydrogens (tertiary/aromatic N) is 4. The van der Waals surface area contributed by atoms with Gasteiger partial charge in [0.15, 0.2) is 5.13 Å². The van der Waals surface area contributed by atoms with Gasteiger partial charge in [0.25, 0.3) is 5.91 Å². The molecule has 3 aromatic rings. The smallest absolute Gasteiger partial charge is 0.267 e. The molecule has 0 saturated carbocycles. The van der Waals surface area contributed by atoms with Gasteiger partial charge in [-0.1, -0.05) is 35.1 Å². The molecule has 0 radical (unpaired) electrons. The summed E-state index contributed by atoms with van der Waals surface area (Å²) in [7, 11) is 0. The van der Waals surface area contributed by atoms with Crippen molar-refractivity contribution in [2.24, 2.45) is 0 Å². The molecule has 1 atom stereocenters. The number of thiazole rings is 1. The van der Waals surface area contributed by atoms with E-state index in [1.54, 1.807) is 12.3 Å². The fourth-order valence-electron chi connectivity index (χ4n) is 3.43. The highest BCUT2D eigenvalue weighted by atomic mass is 35.5. The van der Waals surface area contributed by atoms with Gasteiger partial charge in [0.05, 0.1) is 16.9 Å². The Morgan fingerprint density at radius 2 is 2.16 bits per heavy atom. The van der Waals surface area contributed by atoms with Crippen LogP contribution in [0.3, 0.4) is 0 Å². The van der Waals surface area contributed by atoms with Crippen LogP contribution >= 0.6 is 22.9 Å². The molecule has 3 N–H and O–H groups in total. The van der Waals surface area contributed by atoms with E-state index >= 15 is 0 Å². The van der Waals surface area contributed by atoms with Crippen molar-refractivity contribution in [2.45, 2.75) is 26.8 Å². The van der Waals surface area contributed by atoms with Crippen molar-refractivity contribution in [2.75, 3.05) is 35.2 Å². The molecule has 1 aliphatic rings. The molecule has 1 fully saturated rings. The average molecular weight is 458 g/mol. The molecule has 1 amide bonds. The van der Waals surface area contributed by atoms with E-state index in [0.29, 0.717) is 38.4 Å². The van der Waals surface area contributed by atoms with Crippen molar-refractivity contribution in [1.29, 1.82) is 0 Å². The predicted octanol–water partition coefficient (Wildman–Crippen LogP) is 4.00. The lowest BCUT2D eigenvalue weighted by atomic mass is 10.2. The summed E-state index contributed by atoms with van der Waals surface area (Å²) in [5, 5.41) is 10.6. The van der Waals surface area contributed by atoms with Crippen LogP contribution in [0.4, 0.5) is 22.5 Å². The standard InChI is InChI=1S/C21H24ClN7OS/c1-12-5-4-6-15(22)19(12)28-20(30)16-10-24-21(31-16)27-17-9-18(26-14(3)25-17)29-8-7-23-13(2)11-29/h4-6,9-10,13,23H,7-8,11H2,1-3H3,(H,28,30)(H,24,25,26,27)/t13-/m0/s1. The normalized spacial score (nSPS) is 16.3. The summed E-state index contributed by atoms with van der Waals surface area (Å²) in [6, 6.07) is 7.82. The van der Waals surface area contributed by atoms with Crippen LogP contribution in [0, 0.1) is 13.8 Å². The summed E-state index contributed by atoms with van der Waals surface area (Å²) in [5.41, 5.74) is 1.51. The number of hydrogen-bond acceptors (Lipinski definition) is 8. The van der Waals surface area contributed by atoms with Crippen LogP contribution < -0.4 is 20.9 Å². The van der Waals surface area contributed by atoms with Crippen molar-refractivity contribution < 1.29 is 4.79 Å². The molecular weight excluding hydrogens is 434 g/mol. The number of piperazine rings is 1. The lowest BCUT2D eigenvalue weighted by molar-refractivity contribution is 0.103. The average Bonchev–Trinajstić information content (AvgIpc) is 3.19. The maximum Gasteiger partial charge on any atom is 0.267 e. The summed E-state index contributed by atoms with van der Waals surface area (Å²) in [6.45, 7) is 8.62. The lowest BCUT2D eigenvalue weighted by Crippen LogP contribution is -2.49. The molecule has 1 saturated heterocycles. The van der Waals surface area contributed by atoms with E-state index in [2.05, 4.69) is 42.7 Å². The fraction of sp³-hybridized carbons (Fsp3) is 0.333. The van der Waals surface area contributed by atoms with Crippen LogP contribution in [0.5, 0.6) is 0 Å². The number of amides is 1. The van der Waals surface area contributed by atoms with Gasteiger partial charge in [-0.2, -0.15) is 0 Å². The number of para-hydroxylation sites is 1. The second kappa shape index (κ2) is 9.17. The highest BCUT2D eigenvalue weighted by Gasteiger charge is 2.19. The fourth-order valence-corrected chi connectivity index (χ4v) is 4.42. The summed E-state index contributed by atoms with van der Waals surface area (Å²) >= 11 is 7.47. The number of hydrogen-bond donors (Lipinski definition) is 3. The van der Waals surface area contributed by atoms with Crippen molar-refractivity contribution in [1.82, 2.24) is 20.3 Å². The van der Waals surface area contributed by atoms with Gasteiger partial charge in [-0.3, -0.25) is 4.79 Å². The molecule has 1 aromatic carbocycles. The molecule has 0 aliphatic carbocycles. The molecule has 162 valence electrons. The van der Waals surface area contributed by atoms with Gasteiger partial charge in [0.2, 0.25) is 0 Å². The summed E-state index contributed by atoms with van der Waals surface area (Å²) in [5.74, 6) is 1.95. The Kier molecular flexibility index (Phi) is 6.35. The molecule has 1 aliphatic heterocycles. The molecule has 8 nitrogen and oxygen atoms in total. The SMILES string of the molecule is Cc1nc(Nc2ncc(C(=O)Nc3c(C)cccc3Cl)s2)cc(N2CCN[C@@H](C)C2)n1. The minimum absolute atomic E-state index is 0.254. The largest absolute Gasteiger partial charge is 0.354 e. The first-order valence-electron chi connectivity index (χ1n) is 10.0. The number of rotatable bonds is 5.